The molecule has 0 N–H and O–H groups in total. The van der Waals surface area contributed by atoms with Crippen molar-refractivity contribution in [1.82, 2.24) is 9.13 Å². The number of hydrogen-bond donors (Lipinski definition) is 0. The molecule has 0 saturated heterocycles. The molecular weight excluding hydrogens is 1120 g/mol. The van der Waals surface area contributed by atoms with Gasteiger partial charge in [0.25, 0.3) is 0 Å². The SMILES string of the molecule is CCCCCCCCCCCCC(CCCCCCCCCC)Cn1c2ccccc2c(=O)c2cc3c(cc21)c(=O)c1cc(-c2ccc(-c4ccc(-c5cccs5)s4)s2)ccc1n3CC(CCCCCCCCCC)CCCCCCCCCCCC. The average molecular weight is 1230 g/mol. The molecule has 0 bridgehead atoms. The lowest BCUT2D eigenvalue weighted by molar-refractivity contribution is 0.363. The Bertz CT molecular complexity index is 3320. The van der Waals surface area contributed by atoms with Crippen LogP contribution >= 0.6 is 34.0 Å². The molecule has 0 aliphatic heterocycles. The standard InChI is InChI=1S/C80H114N2O2S3/c1-5-9-13-17-21-25-27-31-35-39-45-63(44-37-33-29-23-19-15-11-7-3)61-81-70-49-42-41-48-66(70)79(83)68-59-73-69(60-72(68)81)80(84)67-58-65(74-53-54-77(86-74)78-56-55-76(87-78)75-50-43-57-85-75)51-52-71(67)82(73)62-64(46-38-34-30-24-20-16-12-8-4)47-40-36-32-28-26-22-18-14-10-6-2/h41-43,48-60,63-64H,5-40,44-47,61-62H2,1-4H3. The number of hydrogen-bond acceptors (Lipinski definition) is 5. The molecule has 0 radical (unpaired) electrons. The molecule has 0 spiro atoms. The summed E-state index contributed by atoms with van der Waals surface area (Å²) in [6.07, 6.45) is 52.8. The first-order valence-electron chi connectivity index (χ1n) is 36.2. The minimum Gasteiger partial charge on any atom is -0.340 e. The molecule has 87 heavy (non-hydrogen) atoms. The summed E-state index contributed by atoms with van der Waals surface area (Å²) in [6.45, 7) is 10.9. The van der Waals surface area contributed by atoms with Crippen LogP contribution in [0.25, 0.3) is 73.6 Å². The minimum atomic E-state index is 0.0814. The lowest BCUT2D eigenvalue weighted by Crippen LogP contribution is -2.20. The van der Waals surface area contributed by atoms with E-state index in [9.17, 15) is 0 Å². The number of unbranched alkanes of at least 4 members (excludes halogenated alkanes) is 32. The van der Waals surface area contributed by atoms with Gasteiger partial charge in [-0.2, -0.15) is 0 Å². The van der Waals surface area contributed by atoms with Gasteiger partial charge in [0.2, 0.25) is 0 Å². The Morgan fingerprint density at radius 1 is 0.310 bits per heavy atom. The summed E-state index contributed by atoms with van der Waals surface area (Å²) in [7, 11) is 0. The number of pyridine rings is 2. The van der Waals surface area contributed by atoms with Gasteiger partial charge in [-0.1, -0.05) is 283 Å². The fourth-order valence-corrected chi connectivity index (χ4v) is 17.1. The molecule has 0 saturated carbocycles. The molecule has 3 aromatic carbocycles. The molecule has 7 heteroatoms. The van der Waals surface area contributed by atoms with Gasteiger partial charge in [-0.05, 0) is 115 Å². The number of benzene rings is 3. The maximum Gasteiger partial charge on any atom is 0.197 e. The molecule has 5 heterocycles. The first-order chi connectivity index (χ1) is 42.9. The summed E-state index contributed by atoms with van der Waals surface area (Å²) in [5, 5.41) is 5.25. The number of para-hydroxylation sites is 1. The lowest BCUT2D eigenvalue weighted by Gasteiger charge is -2.25. The van der Waals surface area contributed by atoms with Crippen LogP contribution in [0.15, 0.2) is 106 Å². The Hall–Kier alpha value is -4.30. The largest absolute Gasteiger partial charge is 0.340 e. The third kappa shape index (κ3) is 21.1. The number of fused-ring (bicyclic) bond motifs is 4. The van der Waals surface area contributed by atoms with E-state index in [0.29, 0.717) is 11.8 Å². The average Bonchev–Trinajstić information content (AvgIpc) is 1.63. The number of thiophene rings is 3. The highest BCUT2D eigenvalue weighted by atomic mass is 32.1. The van der Waals surface area contributed by atoms with E-state index in [1.54, 1.807) is 11.3 Å². The predicted molar refractivity (Wildman–Crippen MR) is 389 cm³/mol. The second kappa shape index (κ2) is 39.1. The Balaban J connectivity index is 1.16. The second-order valence-corrected chi connectivity index (χ2v) is 29.6. The first-order valence-corrected chi connectivity index (χ1v) is 38.7. The van der Waals surface area contributed by atoms with Crippen LogP contribution < -0.4 is 10.9 Å². The molecule has 0 amide bonds. The van der Waals surface area contributed by atoms with Gasteiger partial charge in [-0.25, -0.2) is 0 Å². The Morgan fingerprint density at radius 2 is 0.655 bits per heavy atom. The van der Waals surface area contributed by atoms with Gasteiger partial charge in [-0.3, -0.25) is 9.59 Å². The van der Waals surface area contributed by atoms with Crippen molar-refractivity contribution in [3.63, 3.8) is 0 Å². The van der Waals surface area contributed by atoms with Crippen molar-refractivity contribution >= 4 is 77.6 Å². The third-order valence-corrected chi connectivity index (χ3v) is 22.9. The van der Waals surface area contributed by atoms with E-state index in [4.69, 9.17) is 0 Å². The van der Waals surface area contributed by atoms with E-state index in [1.165, 1.54) is 281 Å². The molecule has 474 valence electrons. The van der Waals surface area contributed by atoms with Crippen molar-refractivity contribution in [2.24, 2.45) is 11.8 Å². The normalized spacial score (nSPS) is 12.7. The van der Waals surface area contributed by atoms with Gasteiger partial charge in [0.1, 0.15) is 0 Å². The van der Waals surface area contributed by atoms with E-state index in [1.807, 2.05) is 28.7 Å². The summed E-state index contributed by atoms with van der Waals surface area (Å²) in [6, 6.07) is 32.9. The predicted octanol–water partition coefficient (Wildman–Crippen LogP) is 26.7. The fourth-order valence-electron chi connectivity index (χ4n) is 14.1. The van der Waals surface area contributed by atoms with Crippen LogP contribution in [0, 0.1) is 11.8 Å². The van der Waals surface area contributed by atoms with E-state index in [-0.39, 0.29) is 10.9 Å². The van der Waals surface area contributed by atoms with E-state index < -0.39 is 0 Å². The van der Waals surface area contributed by atoms with E-state index in [0.717, 1.165) is 62.3 Å². The summed E-state index contributed by atoms with van der Waals surface area (Å²) in [5.41, 5.74) is 5.12. The summed E-state index contributed by atoms with van der Waals surface area (Å²) < 4.78 is 5.02. The van der Waals surface area contributed by atoms with Crippen molar-refractivity contribution in [3.8, 4) is 29.9 Å². The van der Waals surface area contributed by atoms with Gasteiger partial charge in [-0.15, -0.1) is 34.0 Å². The van der Waals surface area contributed by atoms with Crippen LogP contribution in [-0.2, 0) is 13.1 Å². The monoisotopic (exact) mass is 1230 g/mol. The quantitative estimate of drug-likeness (QED) is 0.0282. The highest BCUT2D eigenvalue weighted by molar-refractivity contribution is 7.27. The van der Waals surface area contributed by atoms with Gasteiger partial charge in [0, 0.05) is 59.0 Å². The molecule has 5 aromatic heterocycles. The number of rotatable bonds is 47. The van der Waals surface area contributed by atoms with Crippen LogP contribution in [0.5, 0.6) is 0 Å². The molecule has 0 fully saturated rings. The van der Waals surface area contributed by atoms with Crippen LogP contribution in [-0.4, -0.2) is 9.13 Å². The van der Waals surface area contributed by atoms with Gasteiger partial charge in [0.15, 0.2) is 10.9 Å². The molecule has 4 nitrogen and oxygen atoms in total. The second-order valence-electron chi connectivity index (χ2n) is 26.5. The zero-order valence-electron chi connectivity index (χ0n) is 55.0. The molecule has 2 unspecified atom stereocenters. The van der Waals surface area contributed by atoms with Crippen LogP contribution in [0.3, 0.4) is 0 Å². The molecule has 2 atom stereocenters. The fraction of sp³-hybridized carbons (Fsp3) is 0.600. The maximum atomic E-state index is 15.8. The van der Waals surface area contributed by atoms with Gasteiger partial charge >= 0.3 is 0 Å². The van der Waals surface area contributed by atoms with Crippen molar-refractivity contribution < 1.29 is 0 Å². The Labute approximate surface area is 539 Å². The number of aromatic nitrogens is 2. The Morgan fingerprint density at radius 3 is 1.07 bits per heavy atom. The molecular formula is C80H114N2O2S3. The van der Waals surface area contributed by atoms with Crippen LogP contribution in [0.1, 0.15) is 285 Å². The highest BCUT2D eigenvalue weighted by Crippen LogP contribution is 2.42. The topological polar surface area (TPSA) is 44.0 Å². The van der Waals surface area contributed by atoms with Gasteiger partial charge < -0.3 is 9.13 Å². The third-order valence-electron chi connectivity index (χ3n) is 19.4. The van der Waals surface area contributed by atoms with Crippen molar-refractivity contribution in [1.29, 1.82) is 0 Å². The zero-order chi connectivity index (χ0) is 60.7. The van der Waals surface area contributed by atoms with E-state index >= 15 is 9.59 Å². The Kier molecular flexibility index (Phi) is 30.8. The van der Waals surface area contributed by atoms with Crippen LogP contribution in [0.2, 0.25) is 0 Å². The smallest absolute Gasteiger partial charge is 0.197 e. The summed E-state index contributed by atoms with van der Waals surface area (Å²) in [4.78, 5) is 37.4. The highest BCUT2D eigenvalue weighted by Gasteiger charge is 2.22. The maximum absolute atomic E-state index is 15.8. The molecule has 0 aliphatic carbocycles. The van der Waals surface area contributed by atoms with E-state index in [2.05, 4.69) is 127 Å². The molecule has 8 aromatic rings. The summed E-state index contributed by atoms with van der Waals surface area (Å²) in [5.74, 6) is 0.971. The van der Waals surface area contributed by atoms with Crippen molar-refractivity contribution in [2.75, 3.05) is 0 Å². The first kappa shape index (κ1) is 68.6. The number of nitrogens with zero attached hydrogens (tertiary/aromatic N) is 2. The minimum absolute atomic E-state index is 0.0814. The molecule has 8 rings (SSSR count). The zero-order valence-corrected chi connectivity index (χ0v) is 57.5. The van der Waals surface area contributed by atoms with Crippen molar-refractivity contribution in [3.05, 3.63) is 117 Å². The summed E-state index contributed by atoms with van der Waals surface area (Å²) >= 11 is 5.48. The van der Waals surface area contributed by atoms with Crippen molar-refractivity contribution in [2.45, 2.75) is 298 Å². The van der Waals surface area contributed by atoms with Gasteiger partial charge in [0.05, 0.1) is 22.1 Å². The lowest BCUT2D eigenvalue weighted by atomic mass is 9.92. The molecule has 0 aliphatic rings. The van der Waals surface area contributed by atoms with Crippen LogP contribution in [0.4, 0.5) is 0 Å².